The summed E-state index contributed by atoms with van der Waals surface area (Å²) in [6.07, 6.45) is 0. The number of nitrogens with one attached hydrogen (secondary N) is 1. The van der Waals surface area contributed by atoms with E-state index in [1.807, 2.05) is 6.07 Å². The Bertz CT molecular complexity index is 520. The summed E-state index contributed by atoms with van der Waals surface area (Å²) in [5.41, 5.74) is 0.866. The van der Waals surface area contributed by atoms with Gasteiger partial charge in [0.1, 0.15) is 12.7 Å². The third kappa shape index (κ3) is 2.38. The molecule has 1 aromatic rings. The van der Waals surface area contributed by atoms with Gasteiger partial charge in [-0.05, 0) is 6.92 Å². The molecule has 0 saturated carbocycles. The van der Waals surface area contributed by atoms with Crippen molar-refractivity contribution < 1.29 is 14.6 Å². The molecule has 0 amide bonds. The number of hydrogen-bond acceptors (Lipinski definition) is 5. The quantitative estimate of drug-likeness (QED) is 0.582. The predicted octanol–water partition coefficient (Wildman–Crippen LogP) is 0.801. The molecular formula is C11H15N4O3+. The number of nitriles is 1. The molecule has 96 valence electrons. The van der Waals surface area contributed by atoms with E-state index in [0.717, 1.165) is 0 Å². The van der Waals surface area contributed by atoms with Crippen LogP contribution >= 0.6 is 0 Å². The van der Waals surface area contributed by atoms with Crippen LogP contribution in [0.3, 0.4) is 0 Å². The van der Waals surface area contributed by atoms with Gasteiger partial charge in [0.15, 0.2) is 5.56 Å². The van der Waals surface area contributed by atoms with E-state index in [1.54, 1.807) is 25.9 Å². The Labute approximate surface area is 105 Å². The van der Waals surface area contributed by atoms with Crippen LogP contribution in [-0.2, 0) is 11.3 Å². The summed E-state index contributed by atoms with van der Waals surface area (Å²) in [6.45, 7) is 1.65. The molecule has 1 N–H and O–H groups in total. The molecular weight excluding hydrogens is 236 g/mol. The van der Waals surface area contributed by atoms with Crippen molar-refractivity contribution in [1.29, 1.82) is 5.26 Å². The normalized spacial score (nSPS) is 9.94. The number of hydrogen-bond donors (Lipinski definition) is 0. The minimum atomic E-state index is -0.500. The number of aromatic nitrogens is 1. The topological polar surface area (TPSA) is 93.5 Å². The molecule has 0 aliphatic carbocycles. The van der Waals surface area contributed by atoms with Crippen molar-refractivity contribution in [3.63, 3.8) is 0 Å². The Morgan fingerprint density at radius 3 is 2.56 bits per heavy atom. The number of nitrogens with zero attached hydrogens (tertiary/aromatic N) is 3. The smallest absolute Gasteiger partial charge is 0.318 e. The summed E-state index contributed by atoms with van der Waals surface area (Å²) >= 11 is 0. The van der Waals surface area contributed by atoms with Crippen molar-refractivity contribution in [1.82, 2.24) is 0 Å². The fourth-order valence-electron chi connectivity index (χ4n) is 1.76. The molecule has 0 atom stereocenters. The van der Waals surface area contributed by atoms with Gasteiger partial charge in [-0.1, -0.05) is 0 Å². The van der Waals surface area contributed by atoms with Crippen LogP contribution in [0.2, 0.25) is 0 Å². The minimum absolute atomic E-state index is 0.0870. The van der Waals surface area contributed by atoms with Crippen molar-refractivity contribution in [2.75, 3.05) is 26.1 Å². The third-order valence-electron chi connectivity index (χ3n) is 2.55. The maximum absolute atomic E-state index is 11.1. The van der Waals surface area contributed by atoms with Crippen molar-refractivity contribution >= 4 is 11.5 Å². The Balaban J connectivity index is 3.63. The number of aromatic amines is 1. The van der Waals surface area contributed by atoms with Gasteiger partial charge in [0.25, 0.3) is 5.82 Å². The summed E-state index contributed by atoms with van der Waals surface area (Å²) in [6, 6.07) is 1.99. The van der Waals surface area contributed by atoms with E-state index in [-0.39, 0.29) is 17.9 Å². The first-order valence-electron chi connectivity index (χ1n) is 5.23. The number of nitro groups is 1. The molecule has 18 heavy (non-hydrogen) atoms. The molecule has 0 radical (unpaired) electrons. The number of pyridine rings is 1. The molecule has 0 aliphatic rings. The van der Waals surface area contributed by atoms with Crippen LogP contribution in [0.25, 0.3) is 0 Å². The van der Waals surface area contributed by atoms with Crippen LogP contribution in [0.1, 0.15) is 16.8 Å². The highest BCUT2D eigenvalue weighted by Crippen LogP contribution is 2.27. The fourth-order valence-corrected chi connectivity index (χ4v) is 1.76. The van der Waals surface area contributed by atoms with Crippen LogP contribution in [0.4, 0.5) is 11.5 Å². The Morgan fingerprint density at radius 1 is 1.56 bits per heavy atom. The Morgan fingerprint density at radius 2 is 2.17 bits per heavy atom. The molecule has 0 saturated heterocycles. The maximum Gasteiger partial charge on any atom is 0.318 e. The SMILES string of the molecule is COCc1[nH+]c(N(C)C)c(C#N)c(C)c1[N+](=O)[O-]. The third-order valence-corrected chi connectivity index (χ3v) is 2.55. The van der Waals surface area contributed by atoms with E-state index in [2.05, 4.69) is 4.98 Å². The Hall–Kier alpha value is -2.20. The van der Waals surface area contributed by atoms with Crippen LogP contribution in [0.5, 0.6) is 0 Å². The molecule has 7 nitrogen and oxygen atoms in total. The lowest BCUT2D eigenvalue weighted by molar-refractivity contribution is -0.425. The lowest BCUT2D eigenvalue weighted by atomic mass is 10.1. The summed E-state index contributed by atoms with van der Waals surface area (Å²) in [5.74, 6) is 0.535. The van der Waals surface area contributed by atoms with E-state index >= 15 is 0 Å². The van der Waals surface area contributed by atoms with E-state index in [4.69, 9.17) is 10.00 Å². The molecule has 1 heterocycles. The van der Waals surface area contributed by atoms with Gasteiger partial charge >= 0.3 is 5.69 Å². The zero-order chi connectivity index (χ0) is 13.9. The van der Waals surface area contributed by atoms with Gasteiger partial charge in [-0.25, -0.2) is 4.98 Å². The monoisotopic (exact) mass is 251 g/mol. The van der Waals surface area contributed by atoms with Crippen molar-refractivity contribution in [2.24, 2.45) is 0 Å². The van der Waals surface area contributed by atoms with E-state index in [9.17, 15) is 10.1 Å². The second kappa shape index (κ2) is 5.42. The molecule has 0 spiro atoms. The van der Waals surface area contributed by atoms with Crippen molar-refractivity contribution in [3.05, 3.63) is 26.9 Å². The second-order valence-corrected chi connectivity index (χ2v) is 4.00. The molecule has 0 unspecified atom stereocenters. The molecule has 1 rings (SSSR count). The van der Waals surface area contributed by atoms with Gasteiger partial charge in [0, 0.05) is 7.11 Å². The van der Waals surface area contributed by atoms with Gasteiger partial charge in [-0.3, -0.25) is 15.0 Å². The van der Waals surface area contributed by atoms with Crippen molar-refractivity contribution in [3.8, 4) is 6.07 Å². The minimum Gasteiger partial charge on any atom is -0.376 e. The van der Waals surface area contributed by atoms with Gasteiger partial charge in [-0.15, -0.1) is 0 Å². The fraction of sp³-hybridized carbons (Fsp3) is 0.455. The van der Waals surface area contributed by atoms with Gasteiger partial charge in [0.05, 0.1) is 24.6 Å². The first-order valence-corrected chi connectivity index (χ1v) is 5.23. The van der Waals surface area contributed by atoms with Gasteiger partial charge in [0.2, 0.25) is 5.69 Å². The highest BCUT2D eigenvalue weighted by molar-refractivity contribution is 5.60. The summed E-state index contributed by atoms with van der Waals surface area (Å²) < 4.78 is 4.94. The van der Waals surface area contributed by atoms with Crippen molar-refractivity contribution in [2.45, 2.75) is 13.5 Å². The first-order chi connectivity index (χ1) is 8.43. The maximum atomic E-state index is 11.1. The lowest BCUT2D eigenvalue weighted by Crippen LogP contribution is -2.27. The highest BCUT2D eigenvalue weighted by atomic mass is 16.6. The van der Waals surface area contributed by atoms with Crippen LogP contribution in [-0.4, -0.2) is 26.1 Å². The van der Waals surface area contributed by atoms with Crippen LogP contribution in [0.15, 0.2) is 0 Å². The second-order valence-electron chi connectivity index (χ2n) is 4.00. The Kier molecular flexibility index (Phi) is 4.18. The van der Waals surface area contributed by atoms with Gasteiger partial charge < -0.3 is 4.74 Å². The average molecular weight is 251 g/mol. The lowest BCUT2D eigenvalue weighted by Gasteiger charge is -2.10. The molecule has 0 aliphatic heterocycles. The molecule has 7 heteroatoms. The van der Waals surface area contributed by atoms with E-state index in [0.29, 0.717) is 17.1 Å². The summed E-state index contributed by atoms with van der Waals surface area (Å²) in [5, 5.41) is 20.2. The number of ether oxygens (including phenoxy) is 1. The molecule has 0 bridgehead atoms. The molecule has 1 aromatic heterocycles. The van der Waals surface area contributed by atoms with E-state index in [1.165, 1.54) is 7.11 Å². The van der Waals surface area contributed by atoms with Crippen LogP contribution in [0, 0.1) is 28.4 Å². The number of methoxy groups -OCH3 is 1. The number of H-pyrrole nitrogens is 1. The standard InChI is InChI=1S/C11H14N4O3/c1-7-8(5-12)11(14(2)3)13-9(6-18-4)10(7)15(16)17/h6H2,1-4H3/p+1. The molecule has 0 fully saturated rings. The summed E-state index contributed by atoms with van der Waals surface area (Å²) in [4.78, 5) is 15.2. The number of anilines is 1. The predicted molar refractivity (Wildman–Crippen MR) is 64.1 cm³/mol. The highest BCUT2D eigenvalue weighted by Gasteiger charge is 2.29. The summed E-state index contributed by atoms with van der Waals surface area (Å²) in [7, 11) is 4.98. The molecule has 0 aromatic carbocycles. The zero-order valence-corrected chi connectivity index (χ0v) is 10.8. The zero-order valence-electron chi connectivity index (χ0n) is 10.8. The van der Waals surface area contributed by atoms with Crippen LogP contribution < -0.4 is 9.88 Å². The van der Waals surface area contributed by atoms with E-state index < -0.39 is 4.92 Å². The average Bonchev–Trinajstić information content (AvgIpc) is 2.28. The number of rotatable bonds is 4. The largest absolute Gasteiger partial charge is 0.376 e. The van der Waals surface area contributed by atoms with Gasteiger partial charge in [-0.2, -0.15) is 5.26 Å². The first kappa shape index (κ1) is 13.9.